The van der Waals surface area contributed by atoms with E-state index in [1.54, 1.807) is 0 Å². The second-order valence-electron chi connectivity index (χ2n) is 2.09. The van der Waals surface area contributed by atoms with Crippen LogP contribution in [0, 0.1) is 0 Å². The first kappa shape index (κ1) is 7.14. The van der Waals surface area contributed by atoms with Crippen molar-refractivity contribution in [2.24, 2.45) is 16.7 Å². The third-order valence-electron chi connectivity index (χ3n) is 1.47. The van der Waals surface area contributed by atoms with E-state index < -0.39 is 0 Å². The van der Waals surface area contributed by atoms with E-state index in [1.165, 1.54) is 0 Å². The van der Waals surface area contributed by atoms with Crippen molar-refractivity contribution in [3.63, 3.8) is 0 Å². The van der Waals surface area contributed by atoms with E-state index in [0.29, 0.717) is 19.2 Å². The second kappa shape index (κ2) is 3.26. The molecule has 1 aliphatic rings. The SMILES string of the molecule is N/N=C(\N)N1CCOCC1. The summed E-state index contributed by atoms with van der Waals surface area (Å²) in [7, 11) is 0. The van der Waals surface area contributed by atoms with E-state index in [9.17, 15) is 0 Å². The van der Waals surface area contributed by atoms with Gasteiger partial charge in [-0.3, -0.25) is 0 Å². The summed E-state index contributed by atoms with van der Waals surface area (Å²) in [4.78, 5) is 1.89. The number of morpholine rings is 1. The molecule has 0 aromatic rings. The van der Waals surface area contributed by atoms with Crippen LogP contribution in [0.5, 0.6) is 0 Å². The summed E-state index contributed by atoms with van der Waals surface area (Å²) in [5.41, 5.74) is 5.44. The lowest BCUT2D eigenvalue weighted by molar-refractivity contribution is 0.0674. The van der Waals surface area contributed by atoms with E-state index in [4.69, 9.17) is 16.3 Å². The summed E-state index contributed by atoms with van der Waals surface area (Å²) in [6, 6.07) is 0. The largest absolute Gasteiger partial charge is 0.378 e. The summed E-state index contributed by atoms with van der Waals surface area (Å²) in [6.45, 7) is 2.98. The minimum atomic E-state index is 0.392. The van der Waals surface area contributed by atoms with Crippen LogP contribution in [0.1, 0.15) is 0 Å². The Morgan fingerprint density at radius 1 is 1.40 bits per heavy atom. The summed E-state index contributed by atoms with van der Waals surface area (Å²) >= 11 is 0. The summed E-state index contributed by atoms with van der Waals surface area (Å²) in [5, 5.41) is 3.38. The van der Waals surface area contributed by atoms with Gasteiger partial charge in [-0.1, -0.05) is 0 Å². The molecule has 0 aliphatic carbocycles. The molecule has 0 bridgehead atoms. The third-order valence-corrected chi connectivity index (χ3v) is 1.47. The Morgan fingerprint density at radius 3 is 2.50 bits per heavy atom. The van der Waals surface area contributed by atoms with Gasteiger partial charge in [0.2, 0.25) is 5.96 Å². The highest BCUT2D eigenvalue weighted by Gasteiger charge is 2.11. The minimum absolute atomic E-state index is 0.392. The van der Waals surface area contributed by atoms with Crippen molar-refractivity contribution in [2.75, 3.05) is 26.3 Å². The molecule has 4 N–H and O–H groups in total. The molecular weight excluding hydrogens is 132 g/mol. The molecule has 1 fully saturated rings. The second-order valence-corrected chi connectivity index (χ2v) is 2.09. The predicted octanol–water partition coefficient (Wildman–Crippen LogP) is -1.49. The fraction of sp³-hybridized carbons (Fsp3) is 0.800. The van der Waals surface area contributed by atoms with Crippen LogP contribution >= 0.6 is 0 Å². The number of hydrogen-bond acceptors (Lipinski definition) is 3. The molecule has 1 saturated heterocycles. The quantitative estimate of drug-likeness (QED) is 0.188. The molecule has 0 amide bonds. The molecule has 0 atom stereocenters. The average Bonchev–Trinajstić information content (AvgIpc) is 2.05. The molecule has 0 saturated carbocycles. The first-order valence-corrected chi connectivity index (χ1v) is 3.20. The molecule has 0 spiro atoms. The zero-order valence-electron chi connectivity index (χ0n) is 5.79. The van der Waals surface area contributed by atoms with Crippen LogP contribution in [0.2, 0.25) is 0 Å². The van der Waals surface area contributed by atoms with Crippen molar-refractivity contribution < 1.29 is 4.74 Å². The van der Waals surface area contributed by atoms with Gasteiger partial charge in [-0.25, -0.2) is 0 Å². The highest BCUT2D eigenvalue weighted by Crippen LogP contribution is 1.94. The van der Waals surface area contributed by atoms with Crippen molar-refractivity contribution in [3.05, 3.63) is 0 Å². The van der Waals surface area contributed by atoms with Gasteiger partial charge in [0.05, 0.1) is 13.2 Å². The van der Waals surface area contributed by atoms with E-state index in [0.717, 1.165) is 13.1 Å². The lowest BCUT2D eigenvalue weighted by Crippen LogP contribution is -2.45. The number of nitrogens with two attached hydrogens (primary N) is 2. The lowest BCUT2D eigenvalue weighted by atomic mass is 10.4. The van der Waals surface area contributed by atoms with Gasteiger partial charge in [-0.2, -0.15) is 0 Å². The first-order valence-electron chi connectivity index (χ1n) is 3.20. The zero-order chi connectivity index (χ0) is 7.40. The Bertz CT molecular complexity index is 130. The Morgan fingerprint density at radius 2 is 2.00 bits per heavy atom. The van der Waals surface area contributed by atoms with Crippen LogP contribution < -0.4 is 11.6 Å². The van der Waals surface area contributed by atoms with Gasteiger partial charge in [0.25, 0.3) is 0 Å². The maximum absolute atomic E-state index is 5.44. The van der Waals surface area contributed by atoms with Crippen molar-refractivity contribution in [1.82, 2.24) is 4.90 Å². The normalized spacial score (nSPS) is 21.2. The predicted molar refractivity (Wildman–Crippen MR) is 38.2 cm³/mol. The molecule has 0 aromatic heterocycles. The van der Waals surface area contributed by atoms with Gasteiger partial charge < -0.3 is 21.2 Å². The van der Waals surface area contributed by atoms with Crippen molar-refractivity contribution in [3.8, 4) is 0 Å². The lowest BCUT2D eigenvalue weighted by Gasteiger charge is -2.26. The molecule has 5 nitrogen and oxygen atoms in total. The molecule has 10 heavy (non-hydrogen) atoms. The maximum atomic E-state index is 5.44. The summed E-state index contributed by atoms with van der Waals surface area (Å²) < 4.78 is 5.10. The first-order chi connectivity index (χ1) is 4.84. The minimum Gasteiger partial charge on any atom is -0.378 e. The monoisotopic (exact) mass is 144 g/mol. The highest BCUT2D eigenvalue weighted by molar-refractivity contribution is 5.77. The van der Waals surface area contributed by atoms with Gasteiger partial charge >= 0.3 is 0 Å². The summed E-state index contributed by atoms with van der Waals surface area (Å²) in [6.07, 6.45) is 0. The van der Waals surface area contributed by atoms with Gasteiger partial charge in [-0.15, -0.1) is 5.10 Å². The van der Waals surface area contributed by atoms with Crippen LogP contribution in [0.4, 0.5) is 0 Å². The number of hydrogen-bond donors (Lipinski definition) is 2. The smallest absolute Gasteiger partial charge is 0.213 e. The Kier molecular flexibility index (Phi) is 2.33. The Balaban J connectivity index is 2.39. The molecular formula is C5H12N4O. The van der Waals surface area contributed by atoms with E-state index in [-0.39, 0.29) is 0 Å². The van der Waals surface area contributed by atoms with Crippen molar-refractivity contribution in [2.45, 2.75) is 0 Å². The third kappa shape index (κ3) is 1.51. The number of ether oxygens (including phenoxy) is 1. The molecule has 1 aliphatic heterocycles. The van der Waals surface area contributed by atoms with Crippen LogP contribution in [-0.2, 0) is 4.74 Å². The number of guanidine groups is 1. The number of rotatable bonds is 0. The molecule has 0 aromatic carbocycles. The van der Waals surface area contributed by atoms with E-state index in [2.05, 4.69) is 5.10 Å². The summed E-state index contributed by atoms with van der Waals surface area (Å²) in [5.74, 6) is 5.38. The van der Waals surface area contributed by atoms with E-state index >= 15 is 0 Å². The molecule has 58 valence electrons. The van der Waals surface area contributed by atoms with Crippen molar-refractivity contribution in [1.29, 1.82) is 0 Å². The maximum Gasteiger partial charge on any atom is 0.213 e. The number of hydrazone groups is 1. The van der Waals surface area contributed by atoms with Gasteiger partial charge in [0.15, 0.2) is 0 Å². The molecule has 1 rings (SSSR count). The van der Waals surface area contributed by atoms with Crippen LogP contribution in [0.15, 0.2) is 5.10 Å². The Labute approximate surface area is 59.6 Å². The van der Waals surface area contributed by atoms with Crippen LogP contribution in [-0.4, -0.2) is 37.2 Å². The average molecular weight is 144 g/mol. The fourth-order valence-electron chi connectivity index (χ4n) is 0.874. The van der Waals surface area contributed by atoms with Gasteiger partial charge in [-0.05, 0) is 0 Å². The zero-order valence-corrected chi connectivity index (χ0v) is 5.79. The Hall–Kier alpha value is -0.970. The molecule has 0 unspecified atom stereocenters. The van der Waals surface area contributed by atoms with Crippen molar-refractivity contribution >= 4 is 5.96 Å². The van der Waals surface area contributed by atoms with Gasteiger partial charge in [0, 0.05) is 13.1 Å². The fourth-order valence-corrected chi connectivity index (χ4v) is 0.874. The molecule has 0 radical (unpaired) electrons. The number of nitrogens with zero attached hydrogens (tertiary/aromatic N) is 2. The molecule has 5 heteroatoms. The van der Waals surface area contributed by atoms with Gasteiger partial charge in [0.1, 0.15) is 0 Å². The molecule has 1 heterocycles. The highest BCUT2D eigenvalue weighted by atomic mass is 16.5. The standard InChI is InChI=1S/C5H12N4O/c6-5(8-7)9-1-3-10-4-2-9/h1-4,7H2,(H2,6,8). The topological polar surface area (TPSA) is 76.9 Å². The van der Waals surface area contributed by atoms with Crippen LogP contribution in [0.25, 0.3) is 0 Å². The van der Waals surface area contributed by atoms with Crippen LogP contribution in [0.3, 0.4) is 0 Å². The van der Waals surface area contributed by atoms with E-state index in [1.807, 2.05) is 4.90 Å².